The molecule has 5 heteroatoms. The normalized spacial score (nSPS) is 15.4. The predicted molar refractivity (Wildman–Crippen MR) is 68.1 cm³/mol. The first-order valence-electron chi connectivity index (χ1n) is 5.60. The van der Waals surface area contributed by atoms with E-state index in [4.69, 9.17) is 5.73 Å². The van der Waals surface area contributed by atoms with E-state index in [1.807, 2.05) is 0 Å². The van der Waals surface area contributed by atoms with E-state index >= 15 is 0 Å². The van der Waals surface area contributed by atoms with E-state index in [0.717, 1.165) is 25.0 Å². The SMILES string of the molecule is NC(=S)c1cc(F)c(NCC2CCC2)c(F)c1. The Hall–Kier alpha value is -1.23. The van der Waals surface area contributed by atoms with Crippen molar-refractivity contribution < 1.29 is 8.78 Å². The summed E-state index contributed by atoms with van der Waals surface area (Å²) in [5, 5.41) is 2.82. The van der Waals surface area contributed by atoms with Crippen LogP contribution in [0.3, 0.4) is 0 Å². The fourth-order valence-corrected chi connectivity index (χ4v) is 1.95. The number of nitrogens with two attached hydrogens (primary N) is 1. The highest BCUT2D eigenvalue weighted by Gasteiger charge is 2.19. The monoisotopic (exact) mass is 256 g/mol. The molecule has 0 saturated heterocycles. The summed E-state index contributed by atoms with van der Waals surface area (Å²) in [6, 6.07) is 2.32. The lowest BCUT2D eigenvalue weighted by atomic mass is 9.85. The Morgan fingerprint density at radius 3 is 2.35 bits per heavy atom. The fourth-order valence-electron chi connectivity index (χ4n) is 1.83. The molecular formula is C12H14F2N2S. The molecule has 0 amide bonds. The Morgan fingerprint density at radius 2 is 1.94 bits per heavy atom. The molecule has 1 aromatic carbocycles. The minimum Gasteiger partial charge on any atom is -0.389 e. The number of anilines is 1. The molecule has 1 aliphatic carbocycles. The van der Waals surface area contributed by atoms with Gasteiger partial charge in [0.1, 0.15) is 22.3 Å². The largest absolute Gasteiger partial charge is 0.389 e. The van der Waals surface area contributed by atoms with Crippen LogP contribution in [0.2, 0.25) is 0 Å². The van der Waals surface area contributed by atoms with Gasteiger partial charge in [0.15, 0.2) is 0 Å². The van der Waals surface area contributed by atoms with E-state index in [-0.39, 0.29) is 16.2 Å². The summed E-state index contributed by atoms with van der Waals surface area (Å²) >= 11 is 4.68. The third-order valence-electron chi connectivity index (χ3n) is 3.12. The standard InChI is InChI=1S/C12H14F2N2S/c13-9-4-8(12(15)17)5-10(14)11(9)16-6-7-2-1-3-7/h4-5,7,16H,1-3,6H2,(H2,15,17). The first-order valence-corrected chi connectivity index (χ1v) is 6.01. The van der Waals surface area contributed by atoms with E-state index in [2.05, 4.69) is 17.5 Å². The Bertz CT molecular complexity index is 421. The van der Waals surface area contributed by atoms with Crippen molar-refractivity contribution in [3.05, 3.63) is 29.3 Å². The molecule has 0 aromatic heterocycles. The second-order valence-electron chi connectivity index (χ2n) is 4.36. The minimum atomic E-state index is -0.646. The zero-order valence-electron chi connectivity index (χ0n) is 9.30. The lowest BCUT2D eigenvalue weighted by molar-refractivity contribution is 0.332. The lowest BCUT2D eigenvalue weighted by Gasteiger charge is -2.26. The van der Waals surface area contributed by atoms with Gasteiger partial charge in [-0.2, -0.15) is 0 Å². The number of hydrogen-bond acceptors (Lipinski definition) is 2. The Labute approximate surface area is 104 Å². The van der Waals surface area contributed by atoms with Crippen molar-refractivity contribution in [1.82, 2.24) is 0 Å². The molecule has 2 rings (SSSR count). The number of nitrogens with one attached hydrogen (secondary N) is 1. The maximum atomic E-state index is 13.6. The van der Waals surface area contributed by atoms with Crippen molar-refractivity contribution in [2.75, 3.05) is 11.9 Å². The molecule has 1 fully saturated rings. The molecule has 3 N–H and O–H groups in total. The molecule has 17 heavy (non-hydrogen) atoms. The summed E-state index contributed by atoms with van der Waals surface area (Å²) < 4.78 is 27.3. The van der Waals surface area contributed by atoms with Gasteiger partial charge in [0.2, 0.25) is 0 Å². The van der Waals surface area contributed by atoms with Gasteiger partial charge in [-0.05, 0) is 30.9 Å². The molecule has 2 nitrogen and oxygen atoms in total. The van der Waals surface area contributed by atoms with Crippen LogP contribution in [0.1, 0.15) is 24.8 Å². The van der Waals surface area contributed by atoms with E-state index < -0.39 is 11.6 Å². The van der Waals surface area contributed by atoms with E-state index in [1.165, 1.54) is 6.42 Å². The summed E-state index contributed by atoms with van der Waals surface area (Å²) in [6.45, 7) is 0.611. The molecule has 0 atom stereocenters. The summed E-state index contributed by atoms with van der Waals surface area (Å²) in [5.41, 5.74) is 5.46. The second kappa shape index (κ2) is 4.96. The van der Waals surface area contributed by atoms with Crippen LogP contribution >= 0.6 is 12.2 Å². The van der Waals surface area contributed by atoms with E-state index in [1.54, 1.807) is 0 Å². The highest BCUT2D eigenvalue weighted by molar-refractivity contribution is 7.80. The van der Waals surface area contributed by atoms with Crippen LogP contribution in [0.15, 0.2) is 12.1 Å². The Morgan fingerprint density at radius 1 is 1.35 bits per heavy atom. The van der Waals surface area contributed by atoms with Gasteiger partial charge in [0.25, 0.3) is 0 Å². The lowest BCUT2D eigenvalue weighted by Crippen LogP contribution is -2.22. The van der Waals surface area contributed by atoms with Crippen LogP contribution in [0.25, 0.3) is 0 Å². The first-order chi connectivity index (χ1) is 8.08. The van der Waals surface area contributed by atoms with Gasteiger partial charge in [0, 0.05) is 12.1 Å². The Balaban J connectivity index is 2.12. The van der Waals surface area contributed by atoms with Crippen molar-refractivity contribution >= 4 is 22.9 Å². The van der Waals surface area contributed by atoms with Crippen LogP contribution in [0.4, 0.5) is 14.5 Å². The third-order valence-corrected chi connectivity index (χ3v) is 3.35. The van der Waals surface area contributed by atoms with Crippen LogP contribution in [0.5, 0.6) is 0 Å². The number of halogens is 2. The maximum Gasteiger partial charge on any atom is 0.150 e. The van der Waals surface area contributed by atoms with Gasteiger partial charge in [-0.3, -0.25) is 0 Å². The number of rotatable bonds is 4. The smallest absolute Gasteiger partial charge is 0.150 e. The summed E-state index contributed by atoms with van der Waals surface area (Å²) in [7, 11) is 0. The first kappa shape index (κ1) is 12.2. The van der Waals surface area contributed by atoms with Crippen molar-refractivity contribution in [2.24, 2.45) is 11.7 Å². The number of thiocarbonyl (C=S) groups is 1. The zero-order valence-corrected chi connectivity index (χ0v) is 10.1. The number of hydrogen-bond donors (Lipinski definition) is 2. The average Bonchev–Trinajstić information content (AvgIpc) is 2.18. The van der Waals surface area contributed by atoms with Gasteiger partial charge in [-0.15, -0.1) is 0 Å². The quantitative estimate of drug-likeness (QED) is 0.814. The van der Waals surface area contributed by atoms with Gasteiger partial charge in [-0.25, -0.2) is 8.78 Å². The maximum absolute atomic E-state index is 13.6. The number of benzene rings is 1. The highest BCUT2D eigenvalue weighted by atomic mass is 32.1. The van der Waals surface area contributed by atoms with Gasteiger partial charge < -0.3 is 11.1 Å². The van der Waals surface area contributed by atoms with Crippen LogP contribution < -0.4 is 11.1 Å². The molecule has 0 unspecified atom stereocenters. The fraction of sp³-hybridized carbons (Fsp3) is 0.417. The van der Waals surface area contributed by atoms with Gasteiger partial charge >= 0.3 is 0 Å². The second-order valence-corrected chi connectivity index (χ2v) is 4.80. The van der Waals surface area contributed by atoms with Crippen molar-refractivity contribution in [3.63, 3.8) is 0 Å². The van der Waals surface area contributed by atoms with Crippen LogP contribution in [0, 0.1) is 17.6 Å². The van der Waals surface area contributed by atoms with Crippen LogP contribution in [-0.2, 0) is 0 Å². The molecule has 0 aliphatic heterocycles. The molecule has 0 spiro atoms. The summed E-state index contributed by atoms with van der Waals surface area (Å²) in [6.07, 6.45) is 3.46. The van der Waals surface area contributed by atoms with Gasteiger partial charge in [0.05, 0.1) is 0 Å². The van der Waals surface area contributed by atoms with Crippen molar-refractivity contribution in [3.8, 4) is 0 Å². The third kappa shape index (κ3) is 2.72. The van der Waals surface area contributed by atoms with Gasteiger partial charge in [-0.1, -0.05) is 18.6 Å². The van der Waals surface area contributed by atoms with E-state index in [9.17, 15) is 8.78 Å². The van der Waals surface area contributed by atoms with Crippen LogP contribution in [-0.4, -0.2) is 11.5 Å². The molecular weight excluding hydrogens is 242 g/mol. The molecule has 0 bridgehead atoms. The average molecular weight is 256 g/mol. The predicted octanol–water partition coefficient (Wildman–Crippen LogP) is 2.81. The van der Waals surface area contributed by atoms with Crippen molar-refractivity contribution in [1.29, 1.82) is 0 Å². The molecule has 1 saturated carbocycles. The summed E-state index contributed by atoms with van der Waals surface area (Å²) in [4.78, 5) is -0.00616. The minimum absolute atomic E-state index is 0.00616. The molecule has 0 heterocycles. The van der Waals surface area contributed by atoms with E-state index in [0.29, 0.717) is 12.5 Å². The summed E-state index contributed by atoms with van der Waals surface area (Å²) in [5.74, 6) is -0.761. The molecule has 1 aliphatic rings. The van der Waals surface area contributed by atoms with Crippen molar-refractivity contribution in [2.45, 2.75) is 19.3 Å². The molecule has 1 aromatic rings. The highest BCUT2D eigenvalue weighted by Crippen LogP contribution is 2.28. The molecule has 92 valence electrons. The topological polar surface area (TPSA) is 38.0 Å². The Kier molecular flexibility index (Phi) is 3.57. The molecule has 0 radical (unpaired) electrons. The zero-order chi connectivity index (χ0) is 12.4.